The van der Waals surface area contributed by atoms with Crippen LogP contribution in [0.2, 0.25) is 0 Å². The molecule has 7 heteroatoms. The van der Waals surface area contributed by atoms with Crippen molar-refractivity contribution in [3.63, 3.8) is 0 Å². The van der Waals surface area contributed by atoms with Crippen LogP contribution in [0.4, 0.5) is 0 Å². The van der Waals surface area contributed by atoms with Crippen LogP contribution in [0.15, 0.2) is 53.5 Å². The quantitative estimate of drug-likeness (QED) is 0.593. The second kappa shape index (κ2) is 6.84. The SMILES string of the molecule is COc1ccc(CNC(=O)c2cc3c(=O)n4cc(C)ccc4nc3n2C)cc1. The van der Waals surface area contributed by atoms with Gasteiger partial charge in [0.2, 0.25) is 0 Å². The first-order valence-electron chi connectivity index (χ1n) is 8.87. The highest BCUT2D eigenvalue weighted by Crippen LogP contribution is 2.16. The van der Waals surface area contributed by atoms with Gasteiger partial charge in [0.05, 0.1) is 12.5 Å². The van der Waals surface area contributed by atoms with Crippen LogP contribution >= 0.6 is 0 Å². The number of aromatic nitrogens is 3. The second-order valence-corrected chi connectivity index (χ2v) is 6.71. The van der Waals surface area contributed by atoms with Crippen LogP contribution in [0.5, 0.6) is 5.75 Å². The number of carbonyl (C=O) groups excluding carboxylic acids is 1. The fraction of sp³-hybridized carbons (Fsp3) is 0.190. The molecule has 0 aliphatic rings. The number of hydrogen-bond donors (Lipinski definition) is 1. The van der Waals surface area contributed by atoms with Crippen LogP contribution < -0.4 is 15.6 Å². The largest absolute Gasteiger partial charge is 0.497 e. The molecule has 0 aliphatic carbocycles. The molecule has 4 rings (SSSR count). The van der Waals surface area contributed by atoms with Crippen LogP contribution in [0, 0.1) is 6.92 Å². The minimum Gasteiger partial charge on any atom is -0.497 e. The summed E-state index contributed by atoms with van der Waals surface area (Å²) in [6.07, 6.45) is 1.75. The number of carbonyl (C=O) groups is 1. The molecule has 0 atom stereocenters. The highest BCUT2D eigenvalue weighted by molar-refractivity contribution is 5.98. The molecular weight excluding hydrogens is 356 g/mol. The van der Waals surface area contributed by atoms with E-state index in [0.29, 0.717) is 28.9 Å². The lowest BCUT2D eigenvalue weighted by molar-refractivity contribution is 0.0943. The zero-order valence-corrected chi connectivity index (χ0v) is 15.9. The Morgan fingerprint density at radius 2 is 1.93 bits per heavy atom. The van der Waals surface area contributed by atoms with E-state index in [9.17, 15) is 9.59 Å². The third-order valence-electron chi connectivity index (χ3n) is 4.79. The average Bonchev–Trinajstić information content (AvgIpc) is 3.04. The molecule has 28 heavy (non-hydrogen) atoms. The summed E-state index contributed by atoms with van der Waals surface area (Å²) in [4.78, 5) is 30.1. The normalized spacial score (nSPS) is 11.1. The molecule has 0 fully saturated rings. The van der Waals surface area contributed by atoms with E-state index >= 15 is 0 Å². The first kappa shape index (κ1) is 17.8. The number of hydrogen-bond acceptors (Lipinski definition) is 4. The number of nitrogens with zero attached hydrogens (tertiary/aromatic N) is 3. The van der Waals surface area contributed by atoms with E-state index in [1.54, 1.807) is 37.1 Å². The Morgan fingerprint density at radius 3 is 2.64 bits per heavy atom. The number of amides is 1. The van der Waals surface area contributed by atoms with E-state index in [0.717, 1.165) is 16.9 Å². The summed E-state index contributed by atoms with van der Waals surface area (Å²) in [5.41, 5.74) is 3.16. The lowest BCUT2D eigenvalue weighted by Crippen LogP contribution is -2.24. The first-order chi connectivity index (χ1) is 13.5. The summed E-state index contributed by atoms with van der Waals surface area (Å²) in [7, 11) is 3.35. The molecule has 1 N–H and O–H groups in total. The van der Waals surface area contributed by atoms with Gasteiger partial charge in [0, 0.05) is 19.8 Å². The third kappa shape index (κ3) is 3.00. The number of benzene rings is 1. The van der Waals surface area contributed by atoms with E-state index in [1.807, 2.05) is 37.3 Å². The molecule has 0 unspecified atom stereocenters. The van der Waals surface area contributed by atoms with Gasteiger partial charge in [-0.15, -0.1) is 0 Å². The minimum atomic E-state index is -0.263. The van der Waals surface area contributed by atoms with E-state index in [-0.39, 0.29) is 11.5 Å². The van der Waals surface area contributed by atoms with Crippen LogP contribution in [0.25, 0.3) is 16.7 Å². The third-order valence-corrected chi connectivity index (χ3v) is 4.79. The molecule has 0 spiro atoms. The molecule has 0 radical (unpaired) electrons. The average molecular weight is 376 g/mol. The van der Waals surface area contributed by atoms with Gasteiger partial charge in [0.15, 0.2) is 0 Å². The van der Waals surface area contributed by atoms with Crippen molar-refractivity contribution in [2.45, 2.75) is 13.5 Å². The molecule has 1 amide bonds. The van der Waals surface area contributed by atoms with Gasteiger partial charge in [-0.05, 0) is 42.3 Å². The van der Waals surface area contributed by atoms with Crippen LogP contribution in [-0.2, 0) is 13.6 Å². The Morgan fingerprint density at radius 1 is 1.18 bits per heavy atom. The maximum absolute atomic E-state index is 12.8. The Bertz CT molecular complexity index is 1250. The molecule has 4 aromatic rings. The fourth-order valence-electron chi connectivity index (χ4n) is 3.21. The Kier molecular flexibility index (Phi) is 4.35. The summed E-state index contributed by atoms with van der Waals surface area (Å²) in [6, 6.07) is 12.8. The van der Waals surface area contributed by atoms with Crippen molar-refractivity contribution < 1.29 is 9.53 Å². The lowest BCUT2D eigenvalue weighted by Gasteiger charge is -2.07. The highest BCUT2D eigenvalue weighted by atomic mass is 16.5. The fourth-order valence-corrected chi connectivity index (χ4v) is 3.21. The molecule has 3 heterocycles. The number of aryl methyl sites for hydroxylation is 2. The van der Waals surface area contributed by atoms with Crippen molar-refractivity contribution in [3.8, 4) is 5.75 Å². The van der Waals surface area contributed by atoms with Gasteiger partial charge in [-0.3, -0.25) is 14.0 Å². The second-order valence-electron chi connectivity index (χ2n) is 6.71. The number of rotatable bonds is 4. The summed E-state index contributed by atoms with van der Waals surface area (Å²) in [5, 5.41) is 3.30. The number of fused-ring (bicyclic) bond motifs is 2. The molecular formula is C21H20N4O3. The zero-order chi connectivity index (χ0) is 19.8. The lowest BCUT2D eigenvalue weighted by atomic mass is 10.2. The van der Waals surface area contributed by atoms with Crippen molar-refractivity contribution in [2.75, 3.05) is 7.11 Å². The van der Waals surface area contributed by atoms with Crippen molar-refractivity contribution in [1.29, 1.82) is 0 Å². The topological polar surface area (TPSA) is 77.6 Å². The van der Waals surface area contributed by atoms with Crippen molar-refractivity contribution in [3.05, 3.63) is 75.8 Å². The molecule has 0 bridgehead atoms. The highest BCUT2D eigenvalue weighted by Gasteiger charge is 2.17. The summed E-state index contributed by atoms with van der Waals surface area (Å²) in [5.74, 6) is 0.499. The molecule has 3 aromatic heterocycles. The Hall–Kier alpha value is -3.61. The van der Waals surface area contributed by atoms with Gasteiger partial charge >= 0.3 is 0 Å². The summed E-state index contributed by atoms with van der Waals surface area (Å²) < 4.78 is 8.30. The van der Waals surface area contributed by atoms with E-state index in [2.05, 4.69) is 10.3 Å². The van der Waals surface area contributed by atoms with E-state index in [4.69, 9.17) is 4.74 Å². The van der Waals surface area contributed by atoms with Crippen molar-refractivity contribution >= 4 is 22.6 Å². The summed E-state index contributed by atoms with van der Waals surface area (Å²) in [6.45, 7) is 2.29. The van der Waals surface area contributed by atoms with Gasteiger partial charge in [0.25, 0.3) is 11.5 Å². The molecule has 0 saturated carbocycles. The van der Waals surface area contributed by atoms with Gasteiger partial charge in [-0.1, -0.05) is 18.2 Å². The smallest absolute Gasteiger partial charge is 0.268 e. The van der Waals surface area contributed by atoms with Gasteiger partial charge in [0.1, 0.15) is 22.7 Å². The number of nitrogens with one attached hydrogen (secondary N) is 1. The predicted octanol–water partition coefficient (Wildman–Crippen LogP) is 2.43. The maximum atomic E-state index is 12.8. The van der Waals surface area contributed by atoms with Crippen LogP contribution in [-0.4, -0.2) is 27.0 Å². The minimum absolute atomic E-state index is 0.187. The molecule has 7 nitrogen and oxygen atoms in total. The van der Waals surface area contributed by atoms with Gasteiger partial charge in [-0.25, -0.2) is 4.98 Å². The van der Waals surface area contributed by atoms with Crippen LogP contribution in [0.1, 0.15) is 21.6 Å². The molecule has 142 valence electrons. The van der Waals surface area contributed by atoms with Crippen molar-refractivity contribution in [1.82, 2.24) is 19.3 Å². The van der Waals surface area contributed by atoms with Crippen LogP contribution in [0.3, 0.4) is 0 Å². The van der Waals surface area contributed by atoms with Crippen molar-refractivity contribution in [2.24, 2.45) is 7.05 Å². The van der Waals surface area contributed by atoms with Gasteiger partial charge < -0.3 is 14.6 Å². The Labute approximate surface area is 161 Å². The maximum Gasteiger partial charge on any atom is 0.268 e. The number of ether oxygens (including phenoxy) is 1. The molecule has 0 aliphatic heterocycles. The zero-order valence-electron chi connectivity index (χ0n) is 15.9. The molecule has 1 aromatic carbocycles. The monoisotopic (exact) mass is 376 g/mol. The van der Waals surface area contributed by atoms with E-state index < -0.39 is 0 Å². The number of methoxy groups -OCH3 is 1. The predicted molar refractivity (Wildman–Crippen MR) is 107 cm³/mol. The number of pyridine rings is 1. The first-order valence-corrected chi connectivity index (χ1v) is 8.87. The Balaban J connectivity index is 1.67. The summed E-state index contributed by atoms with van der Waals surface area (Å²) >= 11 is 0. The standard InChI is InChI=1S/C21H20N4O3/c1-13-4-9-18-23-19-16(21(27)25(18)12-13)10-17(24(19)2)20(26)22-11-14-5-7-15(28-3)8-6-14/h4-10,12H,11H2,1-3H3,(H,22,26). The molecule has 0 saturated heterocycles. The van der Waals surface area contributed by atoms with E-state index in [1.165, 1.54) is 4.40 Å². The van der Waals surface area contributed by atoms with Gasteiger partial charge in [-0.2, -0.15) is 0 Å².